The molecule has 0 aliphatic carbocycles. The van der Waals surface area contributed by atoms with Gasteiger partial charge in [-0.1, -0.05) is 15.9 Å². The number of benzene rings is 1. The summed E-state index contributed by atoms with van der Waals surface area (Å²) in [6.07, 6.45) is 1.99. The lowest BCUT2D eigenvalue weighted by molar-refractivity contribution is 0.419. The van der Waals surface area contributed by atoms with Gasteiger partial charge in [-0.05, 0) is 24.6 Å². The van der Waals surface area contributed by atoms with Crippen LogP contribution in [0.2, 0.25) is 0 Å². The van der Waals surface area contributed by atoms with Crippen LogP contribution in [0, 0.1) is 6.92 Å². The van der Waals surface area contributed by atoms with Gasteiger partial charge in [-0.15, -0.1) is 0 Å². The second-order valence-electron chi connectivity index (χ2n) is 3.00. The Hall–Kier alpha value is -0.960. The third-order valence-corrected chi connectivity index (χ3v) is 2.58. The molecule has 0 aliphatic heterocycles. The van der Waals surface area contributed by atoms with E-state index >= 15 is 0 Å². The van der Waals surface area contributed by atoms with E-state index in [1.807, 2.05) is 18.3 Å². The van der Waals surface area contributed by atoms with Gasteiger partial charge in [0, 0.05) is 16.1 Å². The first-order valence-electron chi connectivity index (χ1n) is 4.03. The van der Waals surface area contributed by atoms with Gasteiger partial charge in [0.25, 0.3) is 0 Å². The fourth-order valence-electron chi connectivity index (χ4n) is 1.52. The number of methoxy groups -OCH3 is 1. The van der Waals surface area contributed by atoms with E-state index in [1.54, 1.807) is 7.11 Å². The van der Waals surface area contributed by atoms with Crippen LogP contribution in [0.5, 0.6) is 5.75 Å². The molecule has 0 saturated heterocycles. The van der Waals surface area contributed by atoms with E-state index in [4.69, 9.17) is 4.74 Å². The summed E-state index contributed by atoms with van der Waals surface area (Å²) in [5.41, 5.74) is 2.31. The summed E-state index contributed by atoms with van der Waals surface area (Å²) >= 11 is 3.43. The number of halogens is 1. The molecule has 0 fully saturated rings. The van der Waals surface area contributed by atoms with Crippen LogP contribution in [0.15, 0.2) is 22.8 Å². The Morgan fingerprint density at radius 1 is 1.38 bits per heavy atom. The first kappa shape index (κ1) is 8.63. The quantitative estimate of drug-likeness (QED) is 0.813. The minimum Gasteiger partial charge on any atom is -0.496 e. The molecule has 1 aromatic carbocycles. The Labute approximate surface area is 85.0 Å². The Morgan fingerprint density at radius 2 is 2.15 bits per heavy atom. The molecule has 0 bridgehead atoms. The molecule has 1 heterocycles. The Bertz CT molecular complexity index is 447. The molecule has 1 aromatic heterocycles. The van der Waals surface area contributed by atoms with Gasteiger partial charge < -0.3 is 9.72 Å². The summed E-state index contributed by atoms with van der Waals surface area (Å²) in [5, 5.41) is 1.16. The third kappa shape index (κ3) is 1.33. The fourth-order valence-corrected chi connectivity index (χ4v) is 1.96. The molecule has 0 radical (unpaired) electrons. The van der Waals surface area contributed by atoms with Crippen LogP contribution < -0.4 is 4.74 Å². The SMILES string of the molecule is COc1cc(Br)cc2[nH]cc(C)c12. The highest BCUT2D eigenvalue weighted by Crippen LogP contribution is 2.31. The van der Waals surface area contributed by atoms with Crippen molar-refractivity contribution in [3.8, 4) is 5.75 Å². The molecule has 1 N–H and O–H groups in total. The number of H-pyrrole nitrogens is 1. The first-order chi connectivity index (χ1) is 6.22. The summed E-state index contributed by atoms with van der Waals surface area (Å²) in [6.45, 7) is 2.06. The van der Waals surface area contributed by atoms with Crippen LogP contribution >= 0.6 is 15.9 Å². The number of hydrogen-bond donors (Lipinski definition) is 1. The molecule has 0 amide bonds. The minimum absolute atomic E-state index is 0.906. The smallest absolute Gasteiger partial charge is 0.129 e. The Balaban J connectivity index is 2.85. The highest BCUT2D eigenvalue weighted by atomic mass is 79.9. The van der Waals surface area contributed by atoms with Gasteiger partial charge in [0.15, 0.2) is 0 Å². The van der Waals surface area contributed by atoms with Gasteiger partial charge in [-0.2, -0.15) is 0 Å². The van der Waals surface area contributed by atoms with Crippen molar-refractivity contribution in [3.63, 3.8) is 0 Å². The number of aromatic amines is 1. The van der Waals surface area contributed by atoms with Crippen molar-refractivity contribution in [2.24, 2.45) is 0 Å². The number of rotatable bonds is 1. The number of aromatic nitrogens is 1. The predicted molar refractivity (Wildman–Crippen MR) is 57.3 cm³/mol. The topological polar surface area (TPSA) is 25.0 Å². The maximum absolute atomic E-state index is 5.30. The lowest BCUT2D eigenvalue weighted by Gasteiger charge is -2.03. The van der Waals surface area contributed by atoms with E-state index in [0.717, 1.165) is 21.1 Å². The van der Waals surface area contributed by atoms with Crippen molar-refractivity contribution in [1.82, 2.24) is 4.98 Å². The molecule has 2 nitrogen and oxygen atoms in total. The summed E-state index contributed by atoms with van der Waals surface area (Å²) in [4.78, 5) is 3.19. The summed E-state index contributed by atoms with van der Waals surface area (Å²) < 4.78 is 6.32. The van der Waals surface area contributed by atoms with Crippen LogP contribution in [0.4, 0.5) is 0 Å². The van der Waals surface area contributed by atoms with E-state index in [-0.39, 0.29) is 0 Å². The van der Waals surface area contributed by atoms with Gasteiger partial charge in [0.05, 0.1) is 12.6 Å². The monoisotopic (exact) mass is 239 g/mol. The number of hydrogen-bond acceptors (Lipinski definition) is 1. The lowest BCUT2D eigenvalue weighted by atomic mass is 10.2. The summed E-state index contributed by atoms with van der Waals surface area (Å²) in [7, 11) is 1.69. The van der Waals surface area contributed by atoms with Gasteiger partial charge in [0.2, 0.25) is 0 Å². The molecule has 0 unspecified atom stereocenters. The van der Waals surface area contributed by atoms with Crippen molar-refractivity contribution in [3.05, 3.63) is 28.4 Å². The van der Waals surface area contributed by atoms with E-state index < -0.39 is 0 Å². The zero-order chi connectivity index (χ0) is 9.42. The average molecular weight is 240 g/mol. The maximum Gasteiger partial charge on any atom is 0.129 e. The third-order valence-electron chi connectivity index (χ3n) is 2.13. The van der Waals surface area contributed by atoms with Crippen molar-refractivity contribution in [2.45, 2.75) is 6.92 Å². The standard InChI is InChI=1S/C10H10BrNO/c1-6-5-12-8-3-7(11)4-9(13-2)10(6)8/h3-5,12H,1-2H3. The zero-order valence-corrected chi connectivity index (χ0v) is 9.10. The van der Waals surface area contributed by atoms with Gasteiger partial charge in [-0.3, -0.25) is 0 Å². The zero-order valence-electron chi connectivity index (χ0n) is 7.52. The molecular formula is C10H10BrNO. The lowest BCUT2D eigenvalue weighted by Crippen LogP contribution is -1.84. The van der Waals surface area contributed by atoms with E-state index in [2.05, 4.69) is 27.8 Å². The number of nitrogens with one attached hydrogen (secondary N) is 1. The molecule has 0 spiro atoms. The number of aryl methyl sites for hydroxylation is 1. The molecule has 0 atom stereocenters. The molecule has 13 heavy (non-hydrogen) atoms. The maximum atomic E-state index is 5.30. The van der Waals surface area contributed by atoms with Crippen molar-refractivity contribution >= 4 is 26.8 Å². The van der Waals surface area contributed by atoms with Crippen LogP contribution in [0.1, 0.15) is 5.56 Å². The molecule has 0 aliphatic rings. The molecule has 3 heteroatoms. The minimum atomic E-state index is 0.906. The average Bonchev–Trinajstić information content (AvgIpc) is 2.46. The highest BCUT2D eigenvalue weighted by Gasteiger charge is 2.06. The fraction of sp³-hybridized carbons (Fsp3) is 0.200. The summed E-state index contributed by atoms with van der Waals surface area (Å²) in [5.74, 6) is 0.906. The van der Waals surface area contributed by atoms with Crippen LogP contribution in [-0.4, -0.2) is 12.1 Å². The van der Waals surface area contributed by atoms with Crippen LogP contribution in [-0.2, 0) is 0 Å². The molecule has 2 aromatic rings. The van der Waals surface area contributed by atoms with E-state index in [1.165, 1.54) is 5.56 Å². The highest BCUT2D eigenvalue weighted by molar-refractivity contribution is 9.10. The molecular weight excluding hydrogens is 230 g/mol. The van der Waals surface area contributed by atoms with Crippen LogP contribution in [0.3, 0.4) is 0 Å². The Morgan fingerprint density at radius 3 is 2.85 bits per heavy atom. The van der Waals surface area contributed by atoms with Gasteiger partial charge >= 0.3 is 0 Å². The summed E-state index contributed by atoms with van der Waals surface area (Å²) in [6, 6.07) is 4.02. The van der Waals surface area contributed by atoms with E-state index in [9.17, 15) is 0 Å². The second kappa shape index (κ2) is 3.07. The predicted octanol–water partition coefficient (Wildman–Crippen LogP) is 3.25. The molecule has 68 valence electrons. The van der Waals surface area contributed by atoms with Gasteiger partial charge in [-0.25, -0.2) is 0 Å². The van der Waals surface area contributed by atoms with Crippen LogP contribution in [0.25, 0.3) is 10.9 Å². The van der Waals surface area contributed by atoms with E-state index in [0.29, 0.717) is 0 Å². The van der Waals surface area contributed by atoms with Crippen molar-refractivity contribution in [1.29, 1.82) is 0 Å². The van der Waals surface area contributed by atoms with Crippen molar-refractivity contribution in [2.75, 3.05) is 7.11 Å². The Kier molecular flexibility index (Phi) is 2.04. The molecule has 0 saturated carbocycles. The van der Waals surface area contributed by atoms with Crippen molar-refractivity contribution < 1.29 is 4.74 Å². The number of ether oxygens (including phenoxy) is 1. The normalized spacial score (nSPS) is 10.7. The molecule has 2 rings (SSSR count). The number of fused-ring (bicyclic) bond motifs is 1. The second-order valence-corrected chi connectivity index (χ2v) is 3.92. The largest absolute Gasteiger partial charge is 0.496 e. The van der Waals surface area contributed by atoms with Gasteiger partial charge in [0.1, 0.15) is 5.75 Å². The first-order valence-corrected chi connectivity index (χ1v) is 4.83.